The molecule has 0 aromatic heterocycles. The van der Waals surface area contributed by atoms with Crippen LogP contribution in [0.3, 0.4) is 0 Å². The molecular formula is C14H15NS. The molecule has 0 saturated carbocycles. The molecule has 0 aromatic carbocycles. The van der Waals surface area contributed by atoms with Crippen molar-refractivity contribution in [3.05, 3.63) is 46.7 Å². The first kappa shape index (κ1) is 11.3. The zero-order valence-corrected chi connectivity index (χ0v) is 10.3. The van der Waals surface area contributed by atoms with Gasteiger partial charge in [0.15, 0.2) is 0 Å². The lowest BCUT2D eigenvalue weighted by Crippen LogP contribution is -1.99. The number of nitrogens with zero attached hydrogens (tertiary/aromatic N) is 1. The Bertz CT molecular complexity index is 457. The SMILES string of the molecule is CC1=CC=C(C2=CC=C(N=C=S)CC2)CC1. The number of allylic oxidation sites excluding steroid dienone is 8. The second kappa shape index (κ2) is 5.20. The van der Waals surface area contributed by atoms with Gasteiger partial charge in [0.2, 0.25) is 0 Å². The number of rotatable bonds is 2. The number of isothiocyanates is 1. The summed E-state index contributed by atoms with van der Waals surface area (Å²) in [7, 11) is 0. The fraction of sp³-hybridized carbons (Fsp3) is 0.357. The van der Waals surface area contributed by atoms with Crippen molar-refractivity contribution in [2.24, 2.45) is 4.99 Å². The third-order valence-corrected chi connectivity index (χ3v) is 3.18. The lowest BCUT2D eigenvalue weighted by Gasteiger charge is -2.17. The van der Waals surface area contributed by atoms with Crippen LogP contribution < -0.4 is 0 Å². The molecule has 1 nitrogen and oxygen atoms in total. The maximum atomic E-state index is 4.60. The van der Waals surface area contributed by atoms with Crippen LogP contribution in [0.15, 0.2) is 51.7 Å². The Morgan fingerprint density at radius 3 is 2.19 bits per heavy atom. The van der Waals surface area contributed by atoms with Crippen LogP contribution in [0.1, 0.15) is 32.6 Å². The standard InChI is InChI=1S/C14H15NS/c1-11-2-4-12(5-3-11)13-6-8-14(9-7-13)15-10-16/h2,4,6,8H,3,5,7,9H2,1H3. The molecule has 2 aliphatic rings. The van der Waals surface area contributed by atoms with E-state index in [-0.39, 0.29) is 0 Å². The number of hydrogen-bond acceptors (Lipinski definition) is 2. The van der Waals surface area contributed by atoms with Gasteiger partial charge in [-0.1, -0.05) is 23.8 Å². The number of thiocarbonyl (C=S) groups is 1. The summed E-state index contributed by atoms with van der Waals surface area (Å²) >= 11 is 4.60. The van der Waals surface area contributed by atoms with Gasteiger partial charge in [-0.3, -0.25) is 0 Å². The average Bonchev–Trinajstić information content (AvgIpc) is 2.32. The second-order valence-corrected chi connectivity index (χ2v) is 4.44. The molecular weight excluding hydrogens is 214 g/mol. The highest BCUT2D eigenvalue weighted by molar-refractivity contribution is 7.78. The molecule has 82 valence electrons. The largest absolute Gasteiger partial charge is 0.199 e. The summed E-state index contributed by atoms with van der Waals surface area (Å²) in [6.07, 6.45) is 13.1. The van der Waals surface area contributed by atoms with E-state index in [1.807, 2.05) is 0 Å². The lowest BCUT2D eigenvalue weighted by atomic mass is 9.89. The topological polar surface area (TPSA) is 12.4 Å². The molecule has 0 saturated heterocycles. The molecule has 0 fully saturated rings. The normalized spacial score (nSPS) is 20.1. The van der Waals surface area contributed by atoms with Crippen molar-refractivity contribution in [1.82, 2.24) is 0 Å². The van der Waals surface area contributed by atoms with Gasteiger partial charge in [-0.05, 0) is 62.0 Å². The van der Waals surface area contributed by atoms with Gasteiger partial charge in [0.1, 0.15) is 0 Å². The van der Waals surface area contributed by atoms with E-state index in [0.717, 1.165) is 18.5 Å². The maximum Gasteiger partial charge on any atom is 0.0637 e. The highest BCUT2D eigenvalue weighted by Crippen LogP contribution is 2.30. The summed E-state index contributed by atoms with van der Waals surface area (Å²) in [4.78, 5) is 4.03. The van der Waals surface area contributed by atoms with Gasteiger partial charge in [0, 0.05) is 0 Å². The van der Waals surface area contributed by atoms with E-state index in [2.05, 4.69) is 53.6 Å². The molecule has 0 unspecified atom stereocenters. The van der Waals surface area contributed by atoms with E-state index in [9.17, 15) is 0 Å². The van der Waals surface area contributed by atoms with Crippen LogP contribution in [0.4, 0.5) is 0 Å². The van der Waals surface area contributed by atoms with Crippen LogP contribution in [0.25, 0.3) is 0 Å². The maximum absolute atomic E-state index is 4.60. The highest BCUT2D eigenvalue weighted by Gasteiger charge is 2.11. The molecule has 0 heterocycles. The lowest BCUT2D eigenvalue weighted by molar-refractivity contribution is 0.847. The predicted octanol–water partition coefficient (Wildman–Crippen LogP) is 4.36. The minimum Gasteiger partial charge on any atom is -0.199 e. The van der Waals surface area contributed by atoms with Gasteiger partial charge >= 0.3 is 0 Å². The van der Waals surface area contributed by atoms with Crippen molar-refractivity contribution < 1.29 is 0 Å². The summed E-state index contributed by atoms with van der Waals surface area (Å²) in [5.74, 6) is 0. The Labute approximate surface area is 102 Å². The van der Waals surface area contributed by atoms with E-state index in [1.165, 1.54) is 29.6 Å². The monoisotopic (exact) mass is 229 g/mol. The molecule has 0 bridgehead atoms. The Morgan fingerprint density at radius 2 is 1.69 bits per heavy atom. The summed E-state index contributed by atoms with van der Waals surface area (Å²) < 4.78 is 0. The van der Waals surface area contributed by atoms with E-state index in [1.54, 1.807) is 0 Å². The van der Waals surface area contributed by atoms with Crippen LogP contribution in [0, 0.1) is 0 Å². The fourth-order valence-corrected chi connectivity index (χ4v) is 2.17. The summed E-state index contributed by atoms with van der Waals surface area (Å²) in [6.45, 7) is 2.19. The Balaban J connectivity index is 2.16. The van der Waals surface area contributed by atoms with Crippen LogP contribution in [-0.2, 0) is 0 Å². The van der Waals surface area contributed by atoms with E-state index >= 15 is 0 Å². The van der Waals surface area contributed by atoms with Crippen molar-refractivity contribution >= 4 is 17.4 Å². The predicted molar refractivity (Wildman–Crippen MR) is 71.5 cm³/mol. The van der Waals surface area contributed by atoms with Gasteiger partial charge < -0.3 is 0 Å². The quantitative estimate of drug-likeness (QED) is 0.506. The van der Waals surface area contributed by atoms with Gasteiger partial charge in [0.05, 0.1) is 10.9 Å². The molecule has 0 amide bonds. The van der Waals surface area contributed by atoms with Crippen LogP contribution in [0.2, 0.25) is 0 Å². The molecule has 0 radical (unpaired) electrons. The first-order chi connectivity index (χ1) is 7.79. The first-order valence-corrected chi connectivity index (χ1v) is 6.05. The third kappa shape index (κ3) is 2.66. The Hall–Kier alpha value is -1.24. The summed E-state index contributed by atoms with van der Waals surface area (Å²) in [5, 5.41) is 2.42. The first-order valence-electron chi connectivity index (χ1n) is 5.64. The Kier molecular flexibility index (Phi) is 3.66. The van der Waals surface area contributed by atoms with Crippen LogP contribution >= 0.6 is 12.2 Å². The molecule has 2 heteroatoms. The van der Waals surface area contributed by atoms with E-state index < -0.39 is 0 Å². The summed E-state index contributed by atoms with van der Waals surface area (Å²) in [6, 6.07) is 0. The van der Waals surface area contributed by atoms with Crippen molar-refractivity contribution in [2.75, 3.05) is 0 Å². The molecule has 0 atom stereocenters. The molecule has 2 aliphatic carbocycles. The zero-order valence-electron chi connectivity index (χ0n) is 9.49. The summed E-state index contributed by atoms with van der Waals surface area (Å²) in [5.41, 5.74) is 5.45. The number of aliphatic imine (C=N–C) groups is 1. The molecule has 0 N–H and O–H groups in total. The third-order valence-electron chi connectivity index (χ3n) is 3.09. The smallest absolute Gasteiger partial charge is 0.0637 e. The van der Waals surface area contributed by atoms with Crippen molar-refractivity contribution in [2.45, 2.75) is 32.6 Å². The van der Waals surface area contributed by atoms with Crippen LogP contribution in [0.5, 0.6) is 0 Å². The Morgan fingerprint density at radius 1 is 1.00 bits per heavy atom. The van der Waals surface area contributed by atoms with Crippen molar-refractivity contribution in [3.8, 4) is 0 Å². The average molecular weight is 229 g/mol. The van der Waals surface area contributed by atoms with Gasteiger partial charge in [0.25, 0.3) is 0 Å². The highest BCUT2D eigenvalue weighted by atomic mass is 32.1. The minimum atomic E-state index is 0.982. The fourth-order valence-electron chi connectivity index (χ4n) is 2.05. The van der Waals surface area contributed by atoms with Crippen LogP contribution in [-0.4, -0.2) is 5.16 Å². The van der Waals surface area contributed by atoms with Gasteiger partial charge in [-0.25, -0.2) is 0 Å². The molecule has 0 spiro atoms. The van der Waals surface area contributed by atoms with Crippen molar-refractivity contribution in [1.29, 1.82) is 0 Å². The molecule has 16 heavy (non-hydrogen) atoms. The second-order valence-electron chi connectivity index (χ2n) is 4.26. The van der Waals surface area contributed by atoms with E-state index in [0.29, 0.717) is 0 Å². The van der Waals surface area contributed by atoms with E-state index in [4.69, 9.17) is 0 Å². The molecule has 0 aliphatic heterocycles. The van der Waals surface area contributed by atoms with Gasteiger partial charge in [-0.15, -0.1) is 0 Å². The minimum absolute atomic E-state index is 0.982. The van der Waals surface area contributed by atoms with Crippen molar-refractivity contribution in [3.63, 3.8) is 0 Å². The number of hydrogen-bond donors (Lipinski definition) is 0. The van der Waals surface area contributed by atoms with Gasteiger partial charge in [-0.2, -0.15) is 4.99 Å². The molecule has 2 rings (SSSR count). The molecule has 0 aromatic rings. The zero-order chi connectivity index (χ0) is 11.4.